The highest BCUT2D eigenvalue weighted by Crippen LogP contribution is 2.25. The SMILES string of the molecule is Nc1cc2cccc([N+](=O)[O-])c2[nH]1. The molecule has 1 aromatic carbocycles. The van der Waals surface area contributed by atoms with Crippen molar-refractivity contribution in [3.05, 3.63) is 34.4 Å². The van der Waals surface area contributed by atoms with Gasteiger partial charge >= 0.3 is 0 Å². The zero-order valence-electron chi connectivity index (χ0n) is 6.65. The van der Waals surface area contributed by atoms with E-state index in [1.54, 1.807) is 18.2 Å². The van der Waals surface area contributed by atoms with Crippen LogP contribution in [0.15, 0.2) is 24.3 Å². The molecule has 3 N–H and O–H groups in total. The Hall–Kier alpha value is -2.04. The maximum absolute atomic E-state index is 10.6. The molecule has 1 aromatic heterocycles. The number of H-pyrrole nitrogens is 1. The van der Waals surface area contributed by atoms with E-state index in [0.717, 1.165) is 5.39 Å². The van der Waals surface area contributed by atoms with E-state index in [9.17, 15) is 10.1 Å². The number of para-hydroxylation sites is 1. The molecule has 5 heteroatoms. The fourth-order valence-electron chi connectivity index (χ4n) is 1.31. The van der Waals surface area contributed by atoms with Crippen molar-refractivity contribution in [2.45, 2.75) is 0 Å². The van der Waals surface area contributed by atoms with Gasteiger partial charge in [0.25, 0.3) is 5.69 Å². The normalized spacial score (nSPS) is 10.5. The number of nitro groups is 1. The van der Waals surface area contributed by atoms with Crippen molar-refractivity contribution in [2.24, 2.45) is 0 Å². The summed E-state index contributed by atoms with van der Waals surface area (Å²) in [5.74, 6) is 0.435. The Morgan fingerprint density at radius 1 is 1.46 bits per heavy atom. The minimum atomic E-state index is -0.432. The molecule has 66 valence electrons. The molecule has 0 aliphatic rings. The van der Waals surface area contributed by atoms with Gasteiger partial charge in [0.05, 0.1) is 4.92 Å². The summed E-state index contributed by atoms with van der Waals surface area (Å²) < 4.78 is 0. The van der Waals surface area contributed by atoms with Crippen molar-refractivity contribution >= 4 is 22.4 Å². The van der Waals surface area contributed by atoms with Crippen LogP contribution in [0.3, 0.4) is 0 Å². The van der Waals surface area contributed by atoms with Gasteiger partial charge < -0.3 is 10.7 Å². The van der Waals surface area contributed by atoms with Gasteiger partial charge in [0.15, 0.2) is 0 Å². The lowest BCUT2D eigenvalue weighted by Crippen LogP contribution is -1.89. The standard InChI is InChI=1S/C8H7N3O2/c9-7-4-5-2-1-3-6(11(12)13)8(5)10-7/h1-4,10H,9H2. The van der Waals surface area contributed by atoms with Gasteiger partial charge in [-0.3, -0.25) is 10.1 Å². The quantitative estimate of drug-likeness (QED) is 0.513. The smallest absolute Gasteiger partial charge is 0.293 e. The molecule has 0 unspecified atom stereocenters. The van der Waals surface area contributed by atoms with Crippen LogP contribution in [0.5, 0.6) is 0 Å². The second-order valence-electron chi connectivity index (χ2n) is 2.72. The number of hydrogen-bond donors (Lipinski definition) is 2. The molecule has 1 heterocycles. The monoisotopic (exact) mass is 177 g/mol. The third-order valence-electron chi connectivity index (χ3n) is 1.85. The lowest BCUT2D eigenvalue weighted by atomic mass is 10.2. The Morgan fingerprint density at radius 2 is 2.23 bits per heavy atom. The van der Waals surface area contributed by atoms with Crippen molar-refractivity contribution in [2.75, 3.05) is 5.73 Å². The van der Waals surface area contributed by atoms with E-state index in [1.165, 1.54) is 6.07 Å². The summed E-state index contributed by atoms with van der Waals surface area (Å²) in [4.78, 5) is 12.9. The average Bonchev–Trinajstić information content (AvgIpc) is 2.43. The molecule has 13 heavy (non-hydrogen) atoms. The summed E-state index contributed by atoms with van der Waals surface area (Å²) in [6, 6.07) is 6.52. The topological polar surface area (TPSA) is 84.9 Å². The summed E-state index contributed by atoms with van der Waals surface area (Å²) >= 11 is 0. The molecule has 0 atom stereocenters. The molecule has 0 bridgehead atoms. The minimum Gasteiger partial charge on any atom is -0.385 e. The molecule has 0 radical (unpaired) electrons. The molecule has 0 spiro atoms. The molecule has 5 nitrogen and oxygen atoms in total. The van der Waals surface area contributed by atoms with E-state index in [1.807, 2.05) is 0 Å². The predicted octanol–water partition coefficient (Wildman–Crippen LogP) is 1.66. The summed E-state index contributed by atoms with van der Waals surface area (Å²) in [7, 11) is 0. The molecule has 0 saturated heterocycles. The van der Waals surface area contributed by atoms with E-state index < -0.39 is 4.92 Å². The number of anilines is 1. The fourth-order valence-corrected chi connectivity index (χ4v) is 1.31. The van der Waals surface area contributed by atoms with Gasteiger partial charge in [0, 0.05) is 11.5 Å². The number of nitrogens with one attached hydrogen (secondary N) is 1. The van der Waals surface area contributed by atoms with Crippen LogP contribution in [0.25, 0.3) is 10.9 Å². The first-order chi connectivity index (χ1) is 6.18. The third-order valence-corrected chi connectivity index (χ3v) is 1.85. The van der Waals surface area contributed by atoms with E-state index in [-0.39, 0.29) is 5.69 Å². The number of nitrogens with zero attached hydrogens (tertiary/aromatic N) is 1. The van der Waals surface area contributed by atoms with Crippen molar-refractivity contribution in [3.63, 3.8) is 0 Å². The first-order valence-electron chi connectivity index (χ1n) is 3.70. The van der Waals surface area contributed by atoms with Crippen LogP contribution in [0.4, 0.5) is 11.5 Å². The molecule has 0 aliphatic heterocycles. The minimum absolute atomic E-state index is 0.0502. The molecule has 2 rings (SSSR count). The zero-order chi connectivity index (χ0) is 9.42. The summed E-state index contributed by atoms with van der Waals surface area (Å²) in [5, 5.41) is 11.3. The fraction of sp³-hybridized carbons (Fsp3) is 0. The molecule has 2 aromatic rings. The van der Waals surface area contributed by atoms with Crippen LogP contribution < -0.4 is 5.73 Å². The van der Waals surface area contributed by atoms with Crippen molar-refractivity contribution in [3.8, 4) is 0 Å². The Morgan fingerprint density at radius 3 is 2.92 bits per heavy atom. The van der Waals surface area contributed by atoms with E-state index in [2.05, 4.69) is 4.98 Å². The average molecular weight is 177 g/mol. The van der Waals surface area contributed by atoms with Crippen LogP contribution in [0, 0.1) is 10.1 Å². The molecular weight excluding hydrogens is 170 g/mol. The number of nitro benzene ring substituents is 1. The van der Waals surface area contributed by atoms with Crippen LogP contribution in [-0.2, 0) is 0 Å². The van der Waals surface area contributed by atoms with Crippen LogP contribution in [0.1, 0.15) is 0 Å². The van der Waals surface area contributed by atoms with E-state index in [4.69, 9.17) is 5.73 Å². The number of nitrogens with two attached hydrogens (primary N) is 1. The summed E-state index contributed by atoms with van der Waals surface area (Å²) in [6.45, 7) is 0. The Balaban J connectivity index is 2.82. The third kappa shape index (κ3) is 1.10. The maximum atomic E-state index is 10.6. The van der Waals surface area contributed by atoms with Gasteiger partial charge in [0.2, 0.25) is 0 Å². The summed E-state index contributed by atoms with van der Waals surface area (Å²) in [6.07, 6.45) is 0. The Kier molecular flexibility index (Phi) is 1.45. The highest BCUT2D eigenvalue weighted by molar-refractivity contribution is 5.90. The first kappa shape index (κ1) is 7.60. The largest absolute Gasteiger partial charge is 0.385 e. The maximum Gasteiger partial charge on any atom is 0.293 e. The number of fused-ring (bicyclic) bond motifs is 1. The molecule has 0 aliphatic carbocycles. The number of rotatable bonds is 1. The van der Waals surface area contributed by atoms with Gasteiger partial charge in [-0.15, -0.1) is 0 Å². The highest BCUT2D eigenvalue weighted by atomic mass is 16.6. The lowest BCUT2D eigenvalue weighted by molar-refractivity contribution is -0.383. The highest BCUT2D eigenvalue weighted by Gasteiger charge is 2.12. The van der Waals surface area contributed by atoms with Crippen LogP contribution in [-0.4, -0.2) is 9.91 Å². The number of nitrogen functional groups attached to an aromatic ring is 1. The Bertz CT molecular complexity index is 475. The van der Waals surface area contributed by atoms with E-state index >= 15 is 0 Å². The van der Waals surface area contributed by atoms with Gasteiger partial charge in [0.1, 0.15) is 11.3 Å². The van der Waals surface area contributed by atoms with Crippen molar-refractivity contribution in [1.82, 2.24) is 4.98 Å². The second kappa shape index (κ2) is 2.48. The number of aromatic amines is 1. The predicted molar refractivity (Wildman–Crippen MR) is 49.4 cm³/mol. The van der Waals surface area contributed by atoms with E-state index in [0.29, 0.717) is 11.3 Å². The van der Waals surface area contributed by atoms with Gasteiger partial charge in [-0.2, -0.15) is 0 Å². The molecular formula is C8H7N3O2. The number of aromatic nitrogens is 1. The molecule has 0 saturated carbocycles. The first-order valence-corrected chi connectivity index (χ1v) is 3.70. The lowest BCUT2D eigenvalue weighted by Gasteiger charge is -1.91. The van der Waals surface area contributed by atoms with Crippen molar-refractivity contribution in [1.29, 1.82) is 0 Å². The molecule has 0 fully saturated rings. The van der Waals surface area contributed by atoms with Gasteiger partial charge in [-0.1, -0.05) is 12.1 Å². The number of hydrogen-bond acceptors (Lipinski definition) is 3. The van der Waals surface area contributed by atoms with Crippen LogP contribution in [0.2, 0.25) is 0 Å². The Labute approximate surface area is 73.3 Å². The van der Waals surface area contributed by atoms with Gasteiger partial charge in [-0.05, 0) is 6.07 Å². The zero-order valence-corrected chi connectivity index (χ0v) is 6.65. The van der Waals surface area contributed by atoms with Crippen molar-refractivity contribution < 1.29 is 4.92 Å². The van der Waals surface area contributed by atoms with Crippen LogP contribution >= 0.6 is 0 Å². The summed E-state index contributed by atoms with van der Waals surface area (Å²) in [5.41, 5.74) is 6.01. The number of non-ortho nitro benzene ring substituents is 1. The van der Waals surface area contributed by atoms with Gasteiger partial charge in [-0.25, -0.2) is 0 Å². The molecule has 0 amide bonds. The number of benzene rings is 1. The second-order valence-corrected chi connectivity index (χ2v) is 2.72.